The Morgan fingerprint density at radius 1 is 1.29 bits per heavy atom. The summed E-state index contributed by atoms with van der Waals surface area (Å²) in [6.45, 7) is 3.90. The Hall–Kier alpha value is -1.81. The molecule has 0 saturated carbocycles. The molecular formula is C13H17N3O. The molecule has 0 aliphatic heterocycles. The molecule has 4 heteroatoms. The first-order valence-corrected chi connectivity index (χ1v) is 5.60. The van der Waals surface area contributed by atoms with Crippen LogP contribution in [0.1, 0.15) is 24.2 Å². The number of aromatic nitrogens is 2. The molecule has 0 radical (unpaired) electrons. The van der Waals surface area contributed by atoms with Gasteiger partial charge in [0.05, 0.1) is 5.69 Å². The molecule has 4 nitrogen and oxygen atoms in total. The minimum Gasteiger partial charge on any atom is -0.439 e. The number of nitrogens with two attached hydrogens (primary N) is 1. The van der Waals surface area contributed by atoms with Gasteiger partial charge in [-0.15, -0.1) is 0 Å². The first-order chi connectivity index (χ1) is 8.06. The molecule has 90 valence electrons. The van der Waals surface area contributed by atoms with Gasteiger partial charge in [-0.05, 0) is 31.5 Å². The average molecular weight is 231 g/mol. The molecule has 0 fully saturated rings. The summed E-state index contributed by atoms with van der Waals surface area (Å²) in [7, 11) is 1.86. The lowest BCUT2D eigenvalue weighted by atomic mass is 10.1. The van der Waals surface area contributed by atoms with Gasteiger partial charge in [0.1, 0.15) is 5.75 Å². The second-order valence-electron chi connectivity index (χ2n) is 4.21. The lowest BCUT2D eigenvalue weighted by molar-refractivity contribution is 0.430. The molecule has 0 aliphatic carbocycles. The molecule has 1 aromatic heterocycles. The van der Waals surface area contributed by atoms with Crippen molar-refractivity contribution < 1.29 is 4.74 Å². The van der Waals surface area contributed by atoms with Gasteiger partial charge in [-0.25, -0.2) is 4.68 Å². The summed E-state index contributed by atoms with van der Waals surface area (Å²) in [6, 6.07) is 9.73. The van der Waals surface area contributed by atoms with Crippen LogP contribution in [0, 0.1) is 6.92 Å². The van der Waals surface area contributed by atoms with Gasteiger partial charge in [0, 0.05) is 19.2 Å². The highest BCUT2D eigenvalue weighted by molar-refractivity contribution is 5.32. The third kappa shape index (κ3) is 2.65. The Morgan fingerprint density at radius 3 is 2.41 bits per heavy atom. The van der Waals surface area contributed by atoms with Crippen LogP contribution in [-0.2, 0) is 7.05 Å². The smallest absolute Gasteiger partial charge is 0.217 e. The number of benzene rings is 1. The number of aryl methyl sites for hydroxylation is 2. The van der Waals surface area contributed by atoms with Crippen LogP contribution in [0.4, 0.5) is 0 Å². The maximum atomic E-state index is 5.79. The van der Waals surface area contributed by atoms with Gasteiger partial charge in [0.25, 0.3) is 0 Å². The molecule has 1 heterocycles. The Bertz CT molecular complexity index is 500. The van der Waals surface area contributed by atoms with Gasteiger partial charge < -0.3 is 10.5 Å². The fraction of sp³-hybridized carbons (Fsp3) is 0.308. The number of nitrogens with zero attached hydrogens (tertiary/aromatic N) is 2. The second-order valence-corrected chi connectivity index (χ2v) is 4.21. The lowest BCUT2D eigenvalue weighted by Gasteiger charge is -2.08. The van der Waals surface area contributed by atoms with E-state index in [2.05, 4.69) is 5.10 Å². The quantitative estimate of drug-likeness (QED) is 0.883. The minimum atomic E-state index is 0.0444. The molecule has 2 N–H and O–H groups in total. The van der Waals surface area contributed by atoms with E-state index in [1.54, 1.807) is 4.68 Å². The molecule has 0 unspecified atom stereocenters. The fourth-order valence-electron chi connectivity index (χ4n) is 1.64. The molecule has 2 rings (SSSR count). The van der Waals surface area contributed by atoms with Crippen molar-refractivity contribution in [3.8, 4) is 11.6 Å². The standard InChI is InChI=1S/C13H17N3O/c1-9-8-13(16(3)15-9)17-12-6-4-11(5-7-12)10(2)14/h4-8,10H,14H2,1-3H3/t10-/m0/s1. The van der Waals surface area contributed by atoms with E-state index in [0.29, 0.717) is 0 Å². The SMILES string of the molecule is Cc1cc(Oc2ccc([C@H](C)N)cc2)n(C)n1. The maximum absolute atomic E-state index is 5.79. The van der Waals surface area contributed by atoms with Crippen molar-refractivity contribution in [1.29, 1.82) is 0 Å². The van der Waals surface area contributed by atoms with Crippen LogP contribution in [0.15, 0.2) is 30.3 Å². The zero-order valence-corrected chi connectivity index (χ0v) is 10.3. The van der Waals surface area contributed by atoms with Gasteiger partial charge in [-0.1, -0.05) is 12.1 Å². The third-order valence-electron chi connectivity index (χ3n) is 2.59. The van der Waals surface area contributed by atoms with E-state index in [0.717, 1.165) is 22.9 Å². The van der Waals surface area contributed by atoms with Crippen LogP contribution in [0.25, 0.3) is 0 Å². The molecule has 1 atom stereocenters. The van der Waals surface area contributed by atoms with Crippen molar-refractivity contribution in [3.05, 3.63) is 41.6 Å². The van der Waals surface area contributed by atoms with E-state index in [4.69, 9.17) is 10.5 Å². The predicted molar refractivity (Wildman–Crippen MR) is 67.1 cm³/mol. The van der Waals surface area contributed by atoms with Crippen molar-refractivity contribution >= 4 is 0 Å². The van der Waals surface area contributed by atoms with Crippen LogP contribution >= 0.6 is 0 Å². The lowest BCUT2D eigenvalue weighted by Crippen LogP contribution is -2.04. The highest BCUT2D eigenvalue weighted by Crippen LogP contribution is 2.23. The summed E-state index contributed by atoms with van der Waals surface area (Å²) in [4.78, 5) is 0. The van der Waals surface area contributed by atoms with Crippen molar-refractivity contribution in [2.45, 2.75) is 19.9 Å². The molecule has 2 aromatic rings. The van der Waals surface area contributed by atoms with E-state index in [9.17, 15) is 0 Å². The van der Waals surface area contributed by atoms with Crippen LogP contribution in [0.3, 0.4) is 0 Å². The van der Waals surface area contributed by atoms with Crippen molar-refractivity contribution in [2.24, 2.45) is 12.8 Å². The minimum absolute atomic E-state index is 0.0444. The van der Waals surface area contributed by atoms with Crippen molar-refractivity contribution in [1.82, 2.24) is 9.78 Å². The number of ether oxygens (including phenoxy) is 1. The van der Waals surface area contributed by atoms with Crippen LogP contribution in [0.5, 0.6) is 11.6 Å². The first kappa shape index (κ1) is 11.7. The molecule has 17 heavy (non-hydrogen) atoms. The summed E-state index contributed by atoms with van der Waals surface area (Å²) in [5.74, 6) is 1.52. The van der Waals surface area contributed by atoms with E-state index in [-0.39, 0.29) is 6.04 Å². The highest BCUT2D eigenvalue weighted by atomic mass is 16.5. The molecule has 1 aromatic carbocycles. The van der Waals surface area contributed by atoms with Crippen LogP contribution < -0.4 is 10.5 Å². The Labute approximate surface area is 101 Å². The van der Waals surface area contributed by atoms with Crippen LogP contribution in [0.2, 0.25) is 0 Å². The van der Waals surface area contributed by atoms with Gasteiger partial charge in [0.2, 0.25) is 5.88 Å². The third-order valence-corrected chi connectivity index (χ3v) is 2.59. The Morgan fingerprint density at radius 2 is 1.94 bits per heavy atom. The number of hydrogen-bond donors (Lipinski definition) is 1. The van der Waals surface area contributed by atoms with Gasteiger partial charge in [-0.2, -0.15) is 5.10 Å². The highest BCUT2D eigenvalue weighted by Gasteiger charge is 2.05. The predicted octanol–water partition coefficient (Wildman–Crippen LogP) is 2.54. The number of rotatable bonds is 3. The maximum Gasteiger partial charge on any atom is 0.217 e. The molecule has 0 spiro atoms. The topological polar surface area (TPSA) is 53.1 Å². The zero-order valence-electron chi connectivity index (χ0n) is 10.3. The van der Waals surface area contributed by atoms with E-state index < -0.39 is 0 Å². The molecule has 0 saturated heterocycles. The summed E-state index contributed by atoms with van der Waals surface area (Å²) < 4.78 is 7.44. The molecule has 0 amide bonds. The van der Waals surface area contributed by atoms with E-state index in [1.807, 2.05) is 51.2 Å². The second kappa shape index (κ2) is 4.59. The van der Waals surface area contributed by atoms with Crippen LogP contribution in [-0.4, -0.2) is 9.78 Å². The summed E-state index contributed by atoms with van der Waals surface area (Å²) in [5, 5.41) is 4.22. The van der Waals surface area contributed by atoms with Gasteiger partial charge in [-0.3, -0.25) is 0 Å². The molecule has 0 aliphatic rings. The van der Waals surface area contributed by atoms with Gasteiger partial charge >= 0.3 is 0 Å². The summed E-state index contributed by atoms with van der Waals surface area (Å²) in [6.07, 6.45) is 0. The Kier molecular flexibility index (Phi) is 3.15. The monoisotopic (exact) mass is 231 g/mol. The normalized spacial score (nSPS) is 12.5. The van der Waals surface area contributed by atoms with Crippen molar-refractivity contribution in [2.75, 3.05) is 0 Å². The zero-order chi connectivity index (χ0) is 12.4. The summed E-state index contributed by atoms with van der Waals surface area (Å²) >= 11 is 0. The fourth-order valence-corrected chi connectivity index (χ4v) is 1.64. The van der Waals surface area contributed by atoms with Gasteiger partial charge in [0.15, 0.2) is 0 Å². The van der Waals surface area contributed by atoms with E-state index >= 15 is 0 Å². The van der Waals surface area contributed by atoms with Crippen molar-refractivity contribution in [3.63, 3.8) is 0 Å². The number of hydrogen-bond acceptors (Lipinski definition) is 3. The molecular weight excluding hydrogens is 214 g/mol. The molecule has 0 bridgehead atoms. The summed E-state index contributed by atoms with van der Waals surface area (Å²) in [5.41, 5.74) is 7.82. The van der Waals surface area contributed by atoms with E-state index in [1.165, 1.54) is 0 Å². The average Bonchev–Trinajstić information content (AvgIpc) is 2.58. The largest absolute Gasteiger partial charge is 0.439 e. The Balaban J connectivity index is 2.16. The first-order valence-electron chi connectivity index (χ1n) is 5.60.